The fourth-order valence-corrected chi connectivity index (χ4v) is 2.80. The summed E-state index contributed by atoms with van der Waals surface area (Å²) in [7, 11) is 0. The van der Waals surface area contributed by atoms with Gasteiger partial charge in [0.2, 0.25) is 0 Å². The van der Waals surface area contributed by atoms with Crippen molar-refractivity contribution < 1.29 is 0 Å². The SMILES string of the molecule is C=C(Br)CN1CCNC(C)(c2ccccc2)C1. The Morgan fingerprint density at radius 2 is 2.18 bits per heavy atom. The van der Waals surface area contributed by atoms with Crippen LogP contribution in [0.3, 0.4) is 0 Å². The minimum absolute atomic E-state index is 0.0436. The first-order chi connectivity index (χ1) is 8.10. The van der Waals surface area contributed by atoms with Crippen LogP contribution in [-0.2, 0) is 5.54 Å². The predicted molar refractivity (Wildman–Crippen MR) is 76.3 cm³/mol. The maximum atomic E-state index is 3.92. The van der Waals surface area contributed by atoms with E-state index in [4.69, 9.17) is 0 Å². The third kappa shape index (κ3) is 3.18. The van der Waals surface area contributed by atoms with E-state index in [2.05, 4.69) is 70.0 Å². The molecule has 0 aromatic heterocycles. The van der Waals surface area contributed by atoms with Crippen LogP contribution in [0.4, 0.5) is 0 Å². The van der Waals surface area contributed by atoms with E-state index < -0.39 is 0 Å². The van der Waals surface area contributed by atoms with Gasteiger partial charge in [0.05, 0.1) is 5.54 Å². The molecule has 0 amide bonds. The average molecular weight is 295 g/mol. The molecule has 0 bridgehead atoms. The highest BCUT2D eigenvalue weighted by atomic mass is 79.9. The summed E-state index contributed by atoms with van der Waals surface area (Å²) in [4.78, 5) is 2.43. The Bertz CT molecular complexity index is 390. The smallest absolute Gasteiger partial charge is 0.0535 e. The van der Waals surface area contributed by atoms with E-state index in [0.717, 1.165) is 30.7 Å². The monoisotopic (exact) mass is 294 g/mol. The van der Waals surface area contributed by atoms with Crippen molar-refractivity contribution in [3.05, 3.63) is 47.0 Å². The summed E-state index contributed by atoms with van der Waals surface area (Å²) in [6.45, 7) is 10.2. The zero-order valence-corrected chi connectivity index (χ0v) is 11.8. The van der Waals surface area contributed by atoms with Crippen LogP contribution in [-0.4, -0.2) is 31.1 Å². The molecule has 1 aromatic carbocycles. The van der Waals surface area contributed by atoms with Crippen molar-refractivity contribution >= 4 is 15.9 Å². The third-order valence-electron chi connectivity index (χ3n) is 3.29. The van der Waals surface area contributed by atoms with Gasteiger partial charge in [-0.25, -0.2) is 0 Å². The summed E-state index contributed by atoms with van der Waals surface area (Å²) in [5.74, 6) is 0. The third-order valence-corrected chi connectivity index (χ3v) is 3.54. The maximum Gasteiger partial charge on any atom is 0.0535 e. The lowest BCUT2D eigenvalue weighted by molar-refractivity contribution is 0.155. The second-order valence-electron chi connectivity index (χ2n) is 4.85. The van der Waals surface area contributed by atoms with E-state index in [1.807, 2.05) is 0 Å². The van der Waals surface area contributed by atoms with Gasteiger partial charge in [0.25, 0.3) is 0 Å². The number of piperazine rings is 1. The van der Waals surface area contributed by atoms with Gasteiger partial charge in [-0.2, -0.15) is 0 Å². The molecule has 92 valence electrons. The van der Waals surface area contributed by atoms with Crippen molar-refractivity contribution in [1.82, 2.24) is 10.2 Å². The van der Waals surface area contributed by atoms with Gasteiger partial charge in [0.15, 0.2) is 0 Å². The minimum atomic E-state index is 0.0436. The largest absolute Gasteiger partial charge is 0.305 e. The summed E-state index contributed by atoms with van der Waals surface area (Å²) in [5.41, 5.74) is 1.40. The van der Waals surface area contributed by atoms with Crippen LogP contribution in [0.15, 0.2) is 41.4 Å². The standard InChI is InChI=1S/C14H19BrN2/c1-12(15)10-17-9-8-16-14(2,11-17)13-6-4-3-5-7-13/h3-7,16H,1,8-11H2,2H3. The molecule has 1 saturated heterocycles. The van der Waals surface area contributed by atoms with Crippen LogP contribution < -0.4 is 5.32 Å². The Morgan fingerprint density at radius 1 is 1.47 bits per heavy atom. The summed E-state index contributed by atoms with van der Waals surface area (Å²) in [6.07, 6.45) is 0. The molecule has 0 saturated carbocycles. The lowest BCUT2D eigenvalue weighted by atomic mass is 9.90. The van der Waals surface area contributed by atoms with Gasteiger partial charge in [0, 0.05) is 30.7 Å². The highest BCUT2D eigenvalue weighted by Crippen LogP contribution is 2.24. The highest BCUT2D eigenvalue weighted by molar-refractivity contribution is 9.11. The summed E-state index contributed by atoms with van der Waals surface area (Å²) in [5, 5.41) is 3.63. The summed E-state index contributed by atoms with van der Waals surface area (Å²) >= 11 is 3.45. The Hall–Kier alpha value is -0.640. The van der Waals surface area contributed by atoms with Gasteiger partial charge in [0.1, 0.15) is 0 Å². The highest BCUT2D eigenvalue weighted by Gasteiger charge is 2.31. The van der Waals surface area contributed by atoms with Crippen molar-refractivity contribution in [1.29, 1.82) is 0 Å². The van der Waals surface area contributed by atoms with E-state index in [0.29, 0.717) is 0 Å². The number of hydrogen-bond acceptors (Lipinski definition) is 2. The molecular weight excluding hydrogens is 276 g/mol. The van der Waals surface area contributed by atoms with E-state index in [9.17, 15) is 0 Å². The Kier molecular flexibility index (Phi) is 4.02. The van der Waals surface area contributed by atoms with Gasteiger partial charge in [-0.1, -0.05) is 52.8 Å². The number of hydrogen-bond donors (Lipinski definition) is 1. The Balaban J connectivity index is 2.12. The van der Waals surface area contributed by atoms with Crippen molar-refractivity contribution in [2.45, 2.75) is 12.5 Å². The fourth-order valence-electron chi connectivity index (χ4n) is 2.45. The maximum absolute atomic E-state index is 3.92. The van der Waals surface area contributed by atoms with Crippen LogP contribution in [0.2, 0.25) is 0 Å². The molecule has 0 aliphatic carbocycles. The normalized spacial score (nSPS) is 25.8. The Morgan fingerprint density at radius 3 is 2.82 bits per heavy atom. The molecule has 0 radical (unpaired) electrons. The topological polar surface area (TPSA) is 15.3 Å². The zero-order chi connectivity index (χ0) is 12.3. The van der Waals surface area contributed by atoms with Gasteiger partial charge in [-0.05, 0) is 12.5 Å². The number of rotatable bonds is 3. The summed E-state index contributed by atoms with van der Waals surface area (Å²) in [6, 6.07) is 10.7. The van der Waals surface area contributed by atoms with Crippen LogP contribution >= 0.6 is 15.9 Å². The molecule has 1 aliphatic rings. The molecule has 1 atom stereocenters. The molecule has 0 spiro atoms. The van der Waals surface area contributed by atoms with Crippen molar-refractivity contribution in [2.24, 2.45) is 0 Å². The van der Waals surface area contributed by atoms with E-state index in [1.54, 1.807) is 0 Å². The lowest BCUT2D eigenvalue weighted by Gasteiger charge is -2.42. The zero-order valence-electron chi connectivity index (χ0n) is 10.2. The molecule has 1 unspecified atom stereocenters. The van der Waals surface area contributed by atoms with E-state index >= 15 is 0 Å². The molecule has 3 heteroatoms. The number of benzene rings is 1. The number of nitrogens with zero attached hydrogens (tertiary/aromatic N) is 1. The van der Waals surface area contributed by atoms with Crippen LogP contribution in [0.25, 0.3) is 0 Å². The van der Waals surface area contributed by atoms with Crippen LogP contribution in [0.5, 0.6) is 0 Å². The second-order valence-corrected chi connectivity index (χ2v) is 5.97. The second kappa shape index (κ2) is 5.34. The molecule has 1 fully saturated rings. The van der Waals surface area contributed by atoms with E-state index in [1.165, 1.54) is 5.56 Å². The average Bonchev–Trinajstić information content (AvgIpc) is 2.29. The summed E-state index contributed by atoms with van der Waals surface area (Å²) < 4.78 is 1.05. The van der Waals surface area contributed by atoms with Gasteiger partial charge >= 0.3 is 0 Å². The number of nitrogens with one attached hydrogen (secondary N) is 1. The van der Waals surface area contributed by atoms with Gasteiger partial charge < -0.3 is 5.32 Å². The molecular formula is C14H19BrN2. The molecule has 17 heavy (non-hydrogen) atoms. The molecule has 1 aromatic rings. The van der Waals surface area contributed by atoms with E-state index in [-0.39, 0.29) is 5.54 Å². The van der Waals surface area contributed by atoms with Gasteiger partial charge in [-0.3, -0.25) is 4.90 Å². The predicted octanol–water partition coefficient (Wildman–Crippen LogP) is 2.72. The number of halogens is 1. The lowest BCUT2D eigenvalue weighted by Crippen LogP contribution is -2.56. The first kappa shape index (κ1) is 12.8. The van der Waals surface area contributed by atoms with Crippen molar-refractivity contribution in [3.63, 3.8) is 0 Å². The van der Waals surface area contributed by atoms with Crippen molar-refractivity contribution in [3.8, 4) is 0 Å². The molecule has 1 heterocycles. The molecule has 2 rings (SSSR count). The molecule has 1 N–H and O–H groups in total. The van der Waals surface area contributed by atoms with Crippen LogP contribution in [0, 0.1) is 0 Å². The molecule has 1 aliphatic heterocycles. The van der Waals surface area contributed by atoms with Crippen molar-refractivity contribution in [2.75, 3.05) is 26.2 Å². The van der Waals surface area contributed by atoms with Gasteiger partial charge in [-0.15, -0.1) is 0 Å². The quantitative estimate of drug-likeness (QED) is 0.922. The molecule has 2 nitrogen and oxygen atoms in total. The van der Waals surface area contributed by atoms with Crippen LogP contribution in [0.1, 0.15) is 12.5 Å². The fraction of sp³-hybridized carbons (Fsp3) is 0.429. The first-order valence-electron chi connectivity index (χ1n) is 5.96. The first-order valence-corrected chi connectivity index (χ1v) is 6.76. The Labute approximate surface area is 112 Å². The minimum Gasteiger partial charge on any atom is -0.305 e.